The minimum atomic E-state index is 0.00635. The SMILES string of the molecule is CN(c1ccc(-c2ccc3ccc(C#N)nc3c2O)nn1)C1CC(C)(C)NC(C)(C)C1. The van der Waals surface area contributed by atoms with Crippen molar-refractivity contribution in [2.24, 2.45) is 0 Å². The van der Waals surface area contributed by atoms with Gasteiger partial charge >= 0.3 is 0 Å². The standard InChI is InChI=1S/C24H28N6O/c1-23(2)12-17(13-24(3,4)29-23)30(5)20-11-10-19(27-28-20)18-9-7-15-6-8-16(14-25)26-21(15)22(18)31/h6-11,17,29,31H,12-13H2,1-5H3. The minimum Gasteiger partial charge on any atom is -0.505 e. The second-order valence-electron chi connectivity index (χ2n) is 9.68. The Balaban J connectivity index is 1.63. The predicted octanol–water partition coefficient (Wildman–Crippen LogP) is 4.01. The molecule has 0 bridgehead atoms. The second kappa shape index (κ2) is 7.47. The van der Waals surface area contributed by atoms with Crippen molar-refractivity contribution in [1.29, 1.82) is 5.26 Å². The third kappa shape index (κ3) is 4.17. The van der Waals surface area contributed by atoms with E-state index >= 15 is 0 Å². The summed E-state index contributed by atoms with van der Waals surface area (Å²) >= 11 is 0. The van der Waals surface area contributed by atoms with Gasteiger partial charge in [0.2, 0.25) is 0 Å². The summed E-state index contributed by atoms with van der Waals surface area (Å²) in [6.45, 7) is 8.94. The quantitative estimate of drug-likeness (QED) is 0.665. The van der Waals surface area contributed by atoms with E-state index in [2.05, 4.69) is 60.1 Å². The number of nitrogens with zero attached hydrogens (tertiary/aromatic N) is 5. The molecular weight excluding hydrogens is 388 g/mol. The number of aromatic hydroxyl groups is 1. The van der Waals surface area contributed by atoms with E-state index in [-0.39, 0.29) is 22.5 Å². The molecule has 1 saturated heterocycles. The van der Waals surface area contributed by atoms with Crippen molar-refractivity contribution in [3.8, 4) is 23.1 Å². The van der Waals surface area contributed by atoms with Crippen LogP contribution in [-0.2, 0) is 0 Å². The monoisotopic (exact) mass is 416 g/mol. The smallest absolute Gasteiger partial charge is 0.151 e. The summed E-state index contributed by atoms with van der Waals surface area (Å²) in [5, 5.41) is 33.2. The van der Waals surface area contributed by atoms with E-state index in [4.69, 9.17) is 5.26 Å². The molecule has 0 spiro atoms. The highest BCUT2D eigenvalue weighted by Gasteiger charge is 2.39. The zero-order valence-corrected chi connectivity index (χ0v) is 18.6. The fourth-order valence-electron chi connectivity index (χ4n) is 4.83. The molecule has 4 rings (SSSR count). The van der Waals surface area contributed by atoms with Gasteiger partial charge in [-0.25, -0.2) is 4.98 Å². The van der Waals surface area contributed by atoms with E-state index in [0.717, 1.165) is 24.0 Å². The normalized spacial score (nSPS) is 17.9. The molecule has 0 amide bonds. The summed E-state index contributed by atoms with van der Waals surface area (Å²) in [5.41, 5.74) is 1.84. The number of hydrogen-bond donors (Lipinski definition) is 2. The average molecular weight is 417 g/mol. The van der Waals surface area contributed by atoms with E-state index in [0.29, 0.717) is 22.8 Å². The van der Waals surface area contributed by atoms with Gasteiger partial charge in [0.25, 0.3) is 0 Å². The van der Waals surface area contributed by atoms with Crippen LogP contribution in [0.1, 0.15) is 46.2 Å². The highest BCUT2D eigenvalue weighted by atomic mass is 16.3. The zero-order valence-electron chi connectivity index (χ0n) is 18.6. The maximum atomic E-state index is 10.8. The topological polar surface area (TPSA) is 98.0 Å². The number of piperidine rings is 1. The fraction of sp³-hybridized carbons (Fsp3) is 0.417. The van der Waals surface area contributed by atoms with E-state index in [1.807, 2.05) is 24.3 Å². The lowest BCUT2D eigenvalue weighted by Crippen LogP contribution is -2.62. The number of phenols is 1. The Kier molecular flexibility index (Phi) is 5.06. The summed E-state index contributed by atoms with van der Waals surface area (Å²) in [5.74, 6) is 0.805. The lowest BCUT2D eigenvalue weighted by molar-refractivity contribution is 0.160. The number of anilines is 1. The molecule has 31 heavy (non-hydrogen) atoms. The molecule has 3 aromatic rings. The molecule has 1 aliphatic heterocycles. The Labute approximate surface area is 182 Å². The number of phenolic OH excluding ortho intramolecular Hbond substituents is 1. The van der Waals surface area contributed by atoms with Crippen LogP contribution in [0, 0.1) is 11.3 Å². The van der Waals surface area contributed by atoms with Crippen LogP contribution in [0.4, 0.5) is 5.82 Å². The molecular formula is C24H28N6O. The van der Waals surface area contributed by atoms with Crippen molar-refractivity contribution in [3.63, 3.8) is 0 Å². The fourth-order valence-corrected chi connectivity index (χ4v) is 4.83. The lowest BCUT2D eigenvalue weighted by Gasteiger charge is -2.49. The number of nitrogens with one attached hydrogen (secondary N) is 1. The van der Waals surface area contributed by atoms with Crippen LogP contribution in [0.3, 0.4) is 0 Å². The van der Waals surface area contributed by atoms with Gasteiger partial charge in [-0.15, -0.1) is 10.2 Å². The number of rotatable bonds is 3. The first-order valence-corrected chi connectivity index (χ1v) is 10.5. The maximum absolute atomic E-state index is 10.8. The number of fused-ring (bicyclic) bond motifs is 1. The molecule has 0 saturated carbocycles. The van der Waals surface area contributed by atoms with Gasteiger partial charge in [0.15, 0.2) is 11.6 Å². The van der Waals surface area contributed by atoms with Crippen molar-refractivity contribution < 1.29 is 5.11 Å². The number of hydrogen-bond acceptors (Lipinski definition) is 7. The summed E-state index contributed by atoms with van der Waals surface area (Å²) in [6, 6.07) is 13.2. The molecule has 0 atom stereocenters. The molecule has 2 aromatic heterocycles. The molecule has 1 fully saturated rings. The first-order chi connectivity index (χ1) is 14.6. The van der Waals surface area contributed by atoms with E-state index in [9.17, 15) is 5.11 Å². The van der Waals surface area contributed by atoms with Crippen molar-refractivity contribution >= 4 is 16.7 Å². The average Bonchev–Trinajstić information content (AvgIpc) is 2.71. The summed E-state index contributed by atoms with van der Waals surface area (Å²) in [6.07, 6.45) is 2.02. The molecule has 0 unspecified atom stereocenters. The van der Waals surface area contributed by atoms with Gasteiger partial charge in [0, 0.05) is 35.1 Å². The first kappa shape index (κ1) is 21.0. The Bertz CT molecular complexity index is 1150. The molecule has 1 aliphatic rings. The second-order valence-corrected chi connectivity index (χ2v) is 9.68. The molecule has 0 radical (unpaired) electrons. The van der Waals surface area contributed by atoms with Crippen LogP contribution in [0.15, 0.2) is 36.4 Å². The van der Waals surface area contributed by atoms with Gasteiger partial charge < -0.3 is 15.3 Å². The van der Waals surface area contributed by atoms with Gasteiger partial charge in [0.05, 0.1) is 5.69 Å². The van der Waals surface area contributed by atoms with Gasteiger partial charge in [-0.2, -0.15) is 5.26 Å². The highest BCUT2D eigenvalue weighted by molar-refractivity contribution is 5.91. The van der Waals surface area contributed by atoms with Gasteiger partial charge in [-0.05, 0) is 70.9 Å². The third-order valence-electron chi connectivity index (χ3n) is 5.95. The van der Waals surface area contributed by atoms with Crippen molar-refractivity contribution in [1.82, 2.24) is 20.5 Å². The summed E-state index contributed by atoms with van der Waals surface area (Å²) < 4.78 is 0. The number of benzene rings is 1. The summed E-state index contributed by atoms with van der Waals surface area (Å²) in [7, 11) is 2.06. The minimum absolute atomic E-state index is 0.00635. The van der Waals surface area contributed by atoms with Crippen LogP contribution >= 0.6 is 0 Å². The van der Waals surface area contributed by atoms with Crippen molar-refractivity contribution in [3.05, 3.63) is 42.1 Å². The molecule has 3 heterocycles. The Hall–Kier alpha value is -3.24. The van der Waals surface area contributed by atoms with Crippen molar-refractivity contribution in [2.45, 2.75) is 57.7 Å². The van der Waals surface area contributed by atoms with Crippen LogP contribution in [-0.4, -0.2) is 44.5 Å². The highest BCUT2D eigenvalue weighted by Crippen LogP contribution is 2.35. The first-order valence-electron chi connectivity index (χ1n) is 10.5. The van der Waals surface area contributed by atoms with Gasteiger partial charge in [-0.1, -0.05) is 6.07 Å². The van der Waals surface area contributed by atoms with Crippen molar-refractivity contribution in [2.75, 3.05) is 11.9 Å². The van der Waals surface area contributed by atoms with E-state index in [1.165, 1.54) is 0 Å². The number of pyridine rings is 1. The lowest BCUT2D eigenvalue weighted by atomic mass is 9.79. The Morgan fingerprint density at radius 1 is 1.03 bits per heavy atom. The summed E-state index contributed by atoms with van der Waals surface area (Å²) in [4.78, 5) is 6.44. The van der Waals surface area contributed by atoms with Crippen LogP contribution < -0.4 is 10.2 Å². The van der Waals surface area contributed by atoms with Crippen LogP contribution in [0.25, 0.3) is 22.2 Å². The van der Waals surface area contributed by atoms with Crippen LogP contribution in [0.2, 0.25) is 0 Å². The van der Waals surface area contributed by atoms with E-state index < -0.39 is 0 Å². The molecule has 1 aromatic carbocycles. The van der Waals surface area contributed by atoms with Gasteiger partial charge in [0.1, 0.15) is 17.3 Å². The Morgan fingerprint density at radius 2 is 1.71 bits per heavy atom. The largest absolute Gasteiger partial charge is 0.505 e. The van der Waals surface area contributed by atoms with Crippen LogP contribution in [0.5, 0.6) is 5.75 Å². The number of aromatic nitrogens is 3. The molecule has 7 heteroatoms. The van der Waals surface area contributed by atoms with E-state index in [1.54, 1.807) is 18.2 Å². The zero-order chi connectivity index (χ0) is 22.4. The molecule has 7 nitrogen and oxygen atoms in total. The molecule has 2 N–H and O–H groups in total. The predicted molar refractivity (Wildman–Crippen MR) is 122 cm³/mol. The Morgan fingerprint density at radius 3 is 2.32 bits per heavy atom. The third-order valence-corrected chi connectivity index (χ3v) is 5.95. The number of nitriles is 1. The maximum Gasteiger partial charge on any atom is 0.151 e. The molecule has 160 valence electrons. The molecule has 0 aliphatic carbocycles. The van der Waals surface area contributed by atoms with Gasteiger partial charge in [-0.3, -0.25) is 0 Å².